The van der Waals surface area contributed by atoms with Crippen LogP contribution < -0.4 is 11.2 Å². The first-order valence-electron chi connectivity index (χ1n) is 10.7. The maximum atomic E-state index is 13.3. The number of carbonyl (C=O) groups excluding carboxylic acids is 1. The van der Waals surface area contributed by atoms with Gasteiger partial charge in [-0.05, 0) is 18.1 Å². The topological polar surface area (TPSA) is 90.4 Å². The number of hydrogen-bond acceptors (Lipinski definition) is 5. The van der Waals surface area contributed by atoms with Crippen molar-refractivity contribution in [1.82, 2.24) is 9.55 Å². The predicted molar refractivity (Wildman–Crippen MR) is 119 cm³/mol. The zero-order valence-corrected chi connectivity index (χ0v) is 17.9. The molecule has 166 valence electrons. The first-order valence-corrected chi connectivity index (χ1v) is 10.7. The summed E-state index contributed by atoms with van der Waals surface area (Å²) in [7, 11) is 0. The summed E-state index contributed by atoms with van der Waals surface area (Å²) in [6, 6.07) is 18.8. The second kappa shape index (κ2) is 9.89. The molecule has 1 aliphatic rings. The first-order chi connectivity index (χ1) is 15.5. The van der Waals surface area contributed by atoms with Gasteiger partial charge in [0.2, 0.25) is 0 Å². The number of ether oxygens (including phenoxy) is 2. The Morgan fingerprint density at radius 3 is 2.22 bits per heavy atom. The largest absolute Gasteiger partial charge is 0.376 e. The lowest BCUT2D eigenvalue weighted by molar-refractivity contribution is -0.128. The molecule has 0 saturated heterocycles. The number of aromatic nitrogens is 2. The monoisotopic (exact) mass is 434 g/mol. The Labute approximate surface area is 185 Å². The fourth-order valence-electron chi connectivity index (χ4n) is 4.03. The Balaban J connectivity index is 1.52. The summed E-state index contributed by atoms with van der Waals surface area (Å²) in [5.41, 5.74) is 1.36. The lowest BCUT2D eigenvalue weighted by atomic mass is 10.1. The minimum absolute atomic E-state index is 0.121. The maximum absolute atomic E-state index is 13.3. The molecule has 1 heterocycles. The smallest absolute Gasteiger partial charge is 0.329 e. The van der Waals surface area contributed by atoms with E-state index in [1.54, 1.807) is 6.92 Å². The number of nitrogens with one attached hydrogen (secondary N) is 1. The predicted octanol–water partition coefficient (Wildman–Crippen LogP) is 2.78. The Bertz CT molecular complexity index is 1170. The molecule has 7 nitrogen and oxygen atoms in total. The average Bonchev–Trinajstić information content (AvgIpc) is 3.11. The summed E-state index contributed by atoms with van der Waals surface area (Å²) in [5, 5.41) is 0. The molecule has 3 aromatic rings. The van der Waals surface area contributed by atoms with Gasteiger partial charge in [-0.15, -0.1) is 0 Å². The highest BCUT2D eigenvalue weighted by atomic mass is 16.5. The molecule has 1 saturated carbocycles. The van der Waals surface area contributed by atoms with Crippen LogP contribution >= 0.6 is 0 Å². The number of rotatable bonds is 8. The highest BCUT2D eigenvalue weighted by molar-refractivity contribution is 5.88. The van der Waals surface area contributed by atoms with E-state index in [1.807, 2.05) is 60.7 Å². The Hall–Kier alpha value is -3.29. The van der Waals surface area contributed by atoms with Crippen LogP contribution in [0, 0.1) is 12.8 Å². The minimum Gasteiger partial charge on any atom is -0.376 e. The van der Waals surface area contributed by atoms with Crippen LogP contribution in [0.25, 0.3) is 0 Å². The fourth-order valence-corrected chi connectivity index (χ4v) is 4.03. The van der Waals surface area contributed by atoms with E-state index in [4.69, 9.17) is 9.47 Å². The van der Waals surface area contributed by atoms with Crippen molar-refractivity contribution in [3.63, 3.8) is 0 Å². The van der Waals surface area contributed by atoms with Crippen LogP contribution in [-0.4, -0.2) is 28.0 Å². The molecule has 1 fully saturated rings. The van der Waals surface area contributed by atoms with E-state index in [-0.39, 0.29) is 12.4 Å². The maximum Gasteiger partial charge on any atom is 0.329 e. The third-order valence-electron chi connectivity index (χ3n) is 5.80. The van der Waals surface area contributed by atoms with E-state index < -0.39 is 29.3 Å². The highest BCUT2D eigenvalue weighted by Gasteiger charge is 2.44. The van der Waals surface area contributed by atoms with Gasteiger partial charge in [0.25, 0.3) is 5.56 Å². The summed E-state index contributed by atoms with van der Waals surface area (Å²) >= 11 is 0. The molecule has 1 N–H and O–H groups in total. The molecule has 1 aliphatic carbocycles. The number of benzene rings is 2. The Kier molecular flexibility index (Phi) is 6.78. The summed E-state index contributed by atoms with van der Waals surface area (Å²) in [5.74, 6) is -0.628. The molecule has 0 amide bonds. The molecular weight excluding hydrogens is 408 g/mol. The summed E-state index contributed by atoms with van der Waals surface area (Å²) in [4.78, 5) is 39.7. The van der Waals surface area contributed by atoms with Crippen molar-refractivity contribution in [3.8, 4) is 0 Å². The van der Waals surface area contributed by atoms with Gasteiger partial charge in [0.05, 0.1) is 37.9 Å². The number of Topliss-reactive ketones (excluding diaryl/α,β-unsaturated/α-hetero) is 1. The van der Waals surface area contributed by atoms with Crippen LogP contribution in [0.5, 0.6) is 0 Å². The van der Waals surface area contributed by atoms with Gasteiger partial charge in [0.15, 0.2) is 5.78 Å². The quantitative estimate of drug-likeness (QED) is 0.589. The fraction of sp³-hybridized carbons (Fsp3) is 0.320. The second-order valence-corrected chi connectivity index (χ2v) is 8.07. The molecule has 0 spiro atoms. The third kappa shape index (κ3) is 4.95. The molecule has 32 heavy (non-hydrogen) atoms. The number of H-pyrrole nitrogens is 1. The van der Waals surface area contributed by atoms with Gasteiger partial charge < -0.3 is 9.47 Å². The van der Waals surface area contributed by atoms with Crippen molar-refractivity contribution >= 4 is 5.78 Å². The third-order valence-corrected chi connectivity index (χ3v) is 5.80. The van der Waals surface area contributed by atoms with Crippen molar-refractivity contribution in [3.05, 3.63) is 104 Å². The lowest BCUT2D eigenvalue weighted by Crippen LogP contribution is -2.35. The molecule has 4 rings (SSSR count). The van der Waals surface area contributed by atoms with Crippen LogP contribution in [-0.2, 0) is 27.5 Å². The number of hydrogen-bond donors (Lipinski definition) is 1. The zero-order valence-electron chi connectivity index (χ0n) is 17.9. The standard InChI is InChI=1S/C25H26N2O5/c1-17-13-27(25(30)26-24(17)29)21-12-22(32-15-19-10-6-3-7-11-19)20(23(21)28)16-31-14-18-8-4-2-5-9-18/h2-11,13,20-22H,12,14-16H2,1H3,(H,26,29,30). The van der Waals surface area contributed by atoms with Crippen molar-refractivity contribution < 1.29 is 14.3 Å². The Morgan fingerprint density at radius 1 is 0.938 bits per heavy atom. The normalized spacial score (nSPS) is 20.5. The second-order valence-electron chi connectivity index (χ2n) is 8.07. The minimum atomic E-state index is -0.704. The van der Waals surface area contributed by atoms with Crippen molar-refractivity contribution in [2.24, 2.45) is 5.92 Å². The van der Waals surface area contributed by atoms with Gasteiger partial charge in [0, 0.05) is 18.2 Å². The van der Waals surface area contributed by atoms with Gasteiger partial charge in [-0.1, -0.05) is 60.7 Å². The van der Waals surface area contributed by atoms with E-state index in [2.05, 4.69) is 4.98 Å². The van der Waals surface area contributed by atoms with Gasteiger partial charge in [-0.25, -0.2) is 4.79 Å². The average molecular weight is 434 g/mol. The molecule has 0 aliphatic heterocycles. The molecule has 7 heteroatoms. The van der Waals surface area contributed by atoms with E-state index in [9.17, 15) is 14.4 Å². The van der Waals surface area contributed by atoms with E-state index in [0.29, 0.717) is 25.2 Å². The number of ketones is 1. The molecular formula is C25H26N2O5. The summed E-state index contributed by atoms with van der Waals surface area (Å²) < 4.78 is 13.3. The van der Waals surface area contributed by atoms with Crippen LogP contribution in [0.15, 0.2) is 76.4 Å². The van der Waals surface area contributed by atoms with Crippen LogP contribution in [0.2, 0.25) is 0 Å². The zero-order chi connectivity index (χ0) is 22.5. The van der Waals surface area contributed by atoms with Crippen molar-refractivity contribution in [2.75, 3.05) is 6.61 Å². The van der Waals surface area contributed by atoms with Crippen LogP contribution in [0.1, 0.15) is 29.2 Å². The summed E-state index contributed by atoms with van der Waals surface area (Å²) in [6.07, 6.45) is 1.39. The van der Waals surface area contributed by atoms with Crippen LogP contribution in [0.4, 0.5) is 0 Å². The van der Waals surface area contributed by atoms with Crippen LogP contribution in [0.3, 0.4) is 0 Å². The van der Waals surface area contributed by atoms with Crippen molar-refractivity contribution in [2.45, 2.75) is 38.7 Å². The van der Waals surface area contributed by atoms with E-state index >= 15 is 0 Å². The molecule has 3 atom stereocenters. The number of nitrogens with zero attached hydrogens (tertiary/aromatic N) is 1. The SMILES string of the molecule is Cc1cn(C2CC(OCc3ccccc3)C(COCc3ccccc3)C2=O)c(=O)[nH]c1=O. The number of carbonyl (C=O) groups is 1. The number of aryl methyl sites for hydroxylation is 1. The van der Waals surface area contributed by atoms with Gasteiger partial charge in [-0.2, -0.15) is 0 Å². The summed E-state index contributed by atoms with van der Waals surface area (Å²) in [6.45, 7) is 2.55. The number of aromatic amines is 1. The van der Waals surface area contributed by atoms with E-state index in [1.165, 1.54) is 10.8 Å². The molecule has 3 unspecified atom stereocenters. The highest BCUT2D eigenvalue weighted by Crippen LogP contribution is 2.34. The molecule has 1 aromatic heterocycles. The van der Waals surface area contributed by atoms with Crippen molar-refractivity contribution in [1.29, 1.82) is 0 Å². The lowest BCUT2D eigenvalue weighted by Gasteiger charge is -2.19. The van der Waals surface area contributed by atoms with E-state index in [0.717, 1.165) is 11.1 Å². The van der Waals surface area contributed by atoms with Gasteiger partial charge in [-0.3, -0.25) is 19.1 Å². The molecule has 0 bridgehead atoms. The molecule has 0 radical (unpaired) electrons. The molecule has 2 aromatic carbocycles. The van der Waals surface area contributed by atoms with Gasteiger partial charge >= 0.3 is 5.69 Å². The first kappa shape index (κ1) is 21.9. The van der Waals surface area contributed by atoms with Gasteiger partial charge in [0.1, 0.15) is 0 Å². The Morgan fingerprint density at radius 2 is 1.56 bits per heavy atom.